The lowest BCUT2D eigenvalue weighted by atomic mass is 9.92. The lowest BCUT2D eigenvalue weighted by molar-refractivity contribution is -0.131. The van der Waals surface area contributed by atoms with Crippen LogP contribution in [0.2, 0.25) is 4.34 Å². The molecular formula is C30H34ClN5O4S. The largest absolute Gasteiger partial charge is 0.417 e. The van der Waals surface area contributed by atoms with Gasteiger partial charge in [-0.15, -0.1) is 0 Å². The maximum Gasteiger partial charge on any atom is 0.417 e. The van der Waals surface area contributed by atoms with Crippen LogP contribution in [0.15, 0.2) is 59.8 Å². The summed E-state index contributed by atoms with van der Waals surface area (Å²) >= 11 is 7.11. The van der Waals surface area contributed by atoms with Crippen LogP contribution in [0.4, 0.5) is 15.3 Å². The average molecular weight is 596 g/mol. The fourth-order valence-electron chi connectivity index (χ4n) is 6.08. The van der Waals surface area contributed by atoms with E-state index in [1.54, 1.807) is 12.1 Å². The van der Waals surface area contributed by atoms with E-state index in [0.29, 0.717) is 41.2 Å². The minimum absolute atomic E-state index is 0.0367. The predicted octanol–water partition coefficient (Wildman–Crippen LogP) is 5.09. The van der Waals surface area contributed by atoms with E-state index >= 15 is 0 Å². The number of hydrogen-bond acceptors (Lipinski definition) is 6. The van der Waals surface area contributed by atoms with Crippen LogP contribution in [-0.4, -0.2) is 78.5 Å². The average Bonchev–Trinajstić information content (AvgIpc) is 3.70. The number of anilines is 1. The molecule has 9 nitrogen and oxygen atoms in total. The molecule has 1 aliphatic carbocycles. The molecule has 1 aromatic heterocycles. The SMILES string of the molecule is O=C(NC1=C2CN(Cc3cccc(N4CCCN(CCN5CCCC5)C4=O)c3)C(=O)C2CC=C1)Oc1ccc(Cl)s1. The van der Waals surface area contributed by atoms with Gasteiger partial charge in [0.15, 0.2) is 5.06 Å². The lowest BCUT2D eigenvalue weighted by Crippen LogP contribution is -2.51. The summed E-state index contributed by atoms with van der Waals surface area (Å²) < 4.78 is 5.88. The van der Waals surface area contributed by atoms with Gasteiger partial charge < -0.3 is 19.4 Å². The number of carbonyl (C=O) groups is 3. The smallest absolute Gasteiger partial charge is 0.399 e. The van der Waals surface area contributed by atoms with Crippen molar-refractivity contribution < 1.29 is 19.1 Å². The molecule has 3 saturated heterocycles. The van der Waals surface area contributed by atoms with E-state index in [9.17, 15) is 14.4 Å². The predicted molar refractivity (Wildman–Crippen MR) is 159 cm³/mol. The number of likely N-dealkylation sites (tertiary alicyclic amines) is 2. The number of hydrogen-bond donors (Lipinski definition) is 1. The molecule has 0 saturated carbocycles. The molecule has 0 bridgehead atoms. The summed E-state index contributed by atoms with van der Waals surface area (Å²) in [7, 11) is 0. The van der Waals surface area contributed by atoms with Crippen molar-refractivity contribution in [2.75, 3.05) is 50.7 Å². The van der Waals surface area contributed by atoms with Gasteiger partial charge in [0.25, 0.3) is 0 Å². The van der Waals surface area contributed by atoms with Gasteiger partial charge in [0.05, 0.1) is 10.3 Å². The summed E-state index contributed by atoms with van der Waals surface area (Å²) in [5, 5.41) is 3.21. The molecule has 1 atom stereocenters. The molecule has 216 valence electrons. The first-order valence-electron chi connectivity index (χ1n) is 14.2. The summed E-state index contributed by atoms with van der Waals surface area (Å²) in [5.41, 5.74) is 3.32. The molecule has 4 heterocycles. The van der Waals surface area contributed by atoms with E-state index in [4.69, 9.17) is 16.3 Å². The van der Waals surface area contributed by atoms with Crippen LogP contribution in [0.25, 0.3) is 0 Å². The summed E-state index contributed by atoms with van der Waals surface area (Å²) in [6.45, 7) is 6.28. The van der Waals surface area contributed by atoms with Crippen LogP contribution in [0, 0.1) is 5.92 Å². The second kappa shape index (κ2) is 12.3. The minimum atomic E-state index is -0.615. The number of nitrogens with zero attached hydrogens (tertiary/aromatic N) is 4. The number of benzene rings is 1. The molecular weight excluding hydrogens is 562 g/mol. The van der Waals surface area contributed by atoms with Crippen LogP contribution >= 0.6 is 22.9 Å². The fraction of sp³-hybridized carbons (Fsp3) is 0.433. The molecule has 41 heavy (non-hydrogen) atoms. The van der Waals surface area contributed by atoms with Gasteiger partial charge in [0.2, 0.25) is 5.91 Å². The van der Waals surface area contributed by atoms with Crippen molar-refractivity contribution in [2.45, 2.75) is 32.2 Å². The quantitative estimate of drug-likeness (QED) is 0.459. The monoisotopic (exact) mass is 595 g/mol. The zero-order chi connectivity index (χ0) is 28.3. The van der Waals surface area contributed by atoms with Crippen molar-refractivity contribution in [3.8, 4) is 5.06 Å². The van der Waals surface area contributed by atoms with Gasteiger partial charge in [-0.25, -0.2) is 9.59 Å². The van der Waals surface area contributed by atoms with E-state index in [0.717, 1.165) is 56.0 Å². The Morgan fingerprint density at radius 1 is 1.02 bits per heavy atom. The van der Waals surface area contributed by atoms with Crippen molar-refractivity contribution in [2.24, 2.45) is 5.92 Å². The van der Waals surface area contributed by atoms with Gasteiger partial charge in [-0.05, 0) is 80.3 Å². The Morgan fingerprint density at radius 2 is 1.88 bits per heavy atom. The van der Waals surface area contributed by atoms with Crippen molar-refractivity contribution in [1.29, 1.82) is 0 Å². The fourth-order valence-corrected chi connectivity index (χ4v) is 6.96. The van der Waals surface area contributed by atoms with E-state index in [1.807, 2.05) is 51.1 Å². The molecule has 1 unspecified atom stereocenters. The molecule has 2 aromatic rings. The highest BCUT2D eigenvalue weighted by Gasteiger charge is 2.38. The van der Waals surface area contributed by atoms with E-state index in [1.165, 1.54) is 24.2 Å². The van der Waals surface area contributed by atoms with Crippen LogP contribution < -0.4 is 15.0 Å². The second-order valence-electron chi connectivity index (χ2n) is 10.9. The van der Waals surface area contributed by atoms with Gasteiger partial charge >= 0.3 is 12.1 Å². The zero-order valence-corrected chi connectivity index (χ0v) is 24.5. The topological polar surface area (TPSA) is 85.4 Å². The summed E-state index contributed by atoms with van der Waals surface area (Å²) in [5.74, 6) is -0.267. The van der Waals surface area contributed by atoms with E-state index in [-0.39, 0.29) is 17.9 Å². The Labute approximate surface area is 249 Å². The molecule has 0 spiro atoms. The Kier molecular flexibility index (Phi) is 8.32. The Hall–Kier alpha value is -3.34. The molecule has 4 amide bonds. The van der Waals surface area contributed by atoms with Crippen molar-refractivity contribution >= 4 is 46.7 Å². The number of carbonyl (C=O) groups excluding carboxylic acids is 3. The number of thiophene rings is 1. The summed E-state index contributed by atoms with van der Waals surface area (Å²) in [4.78, 5) is 47.3. The number of ether oxygens (including phenoxy) is 1. The molecule has 11 heteroatoms. The highest BCUT2D eigenvalue weighted by atomic mass is 35.5. The third kappa shape index (κ3) is 6.29. The number of allylic oxidation sites excluding steroid dienone is 2. The number of nitrogens with one attached hydrogen (secondary N) is 1. The van der Waals surface area contributed by atoms with Gasteiger partial charge in [-0.3, -0.25) is 15.0 Å². The molecule has 3 fully saturated rings. The van der Waals surface area contributed by atoms with Crippen molar-refractivity contribution in [1.82, 2.24) is 20.0 Å². The van der Waals surface area contributed by atoms with Crippen LogP contribution in [0.3, 0.4) is 0 Å². The Balaban J connectivity index is 1.10. The van der Waals surface area contributed by atoms with Gasteiger partial charge in [-0.1, -0.05) is 41.1 Å². The number of amides is 4. The first-order valence-corrected chi connectivity index (χ1v) is 15.4. The third-order valence-corrected chi connectivity index (χ3v) is 9.27. The summed E-state index contributed by atoms with van der Waals surface area (Å²) in [6.07, 6.45) is 7.15. The maximum absolute atomic E-state index is 13.4. The lowest BCUT2D eigenvalue weighted by Gasteiger charge is -2.36. The van der Waals surface area contributed by atoms with Crippen LogP contribution in [0.5, 0.6) is 5.06 Å². The number of rotatable bonds is 8. The zero-order valence-electron chi connectivity index (χ0n) is 22.9. The van der Waals surface area contributed by atoms with Crippen molar-refractivity contribution in [3.63, 3.8) is 0 Å². The van der Waals surface area contributed by atoms with Crippen LogP contribution in [0.1, 0.15) is 31.2 Å². The highest BCUT2D eigenvalue weighted by molar-refractivity contribution is 7.17. The second-order valence-corrected chi connectivity index (χ2v) is 12.6. The molecule has 1 N–H and O–H groups in total. The van der Waals surface area contributed by atoms with Crippen molar-refractivity contribution in [3.05, 3.63) is 69.7 Å². The Morgan fingerprint density at radius 3 is 2.68 bits per heavy atom. The van der Waals surface area contributed by atoms with Gasteiger partial charge in [-0.2, -0.15) is 0 Å². The first kappa shape index (κ1) is 27.8. The van der Waals surface area contributed by atoms with Gasteiger partial charge in [0.1, 0.15) is 0 Å². The van der Waals surface area contributed by atoms with E-state index in [2.05, 4.69) is 10.2 Å². The highest BCUT2D eigenvalue weighted by Crippen LogP contribution is 2.34. The molecule has 6 rings (SSSR count). The number of urea groups is 1. The number of halogens is 1. The standard InChI is InChI=1S/C30H34ClN5O4S/c31-26-10-11-27(41-26)40-29(38)32-25-9-4-8-23-24(25)20-35(28(23)37)19-21-6-3-7-22(18-21)36-15-5-14-34(30(36)39)17-16-33-12-1-2-13-33/h3-4,6-7,9-11,18,23H,1-2,5,8,12-17,19-20H2,(H,32,38). The van der Waals surface area contributed by atoms with Gasteiger partial charge in [0, 0.05) is 50.7 Å². The normalized spacial score (nSPS) is 21.2. The molecule has 4 aliphatic rings. The van der Waals surface area contributed by atoms with E-state index < -0.39 is 6.09 Å². The van der Waals surface area contributed by atoms with Crippen LogP contribution in [-0.2, 0) is 11.3 Å². The molecule has 3 aliphatic heterocycles. The molecule has 1 aromatic carbocycles. The maximum atomic E-state index is 13.4. The Bertz CT molecular complexity index is 1380. The first-order chi connectivity index (χ1) is 19.9. The molecule has 0 radical (unpaired) electrons. The minimum Gasteiger partial charge on any atom is -0.399 e. The number of fused-ring (bicyclic) bond motifs is 1. The summed E-state index contributed by atoms with van der Waals surface area (Å²) in [6, 6.07) is 11.3. The third-order valence-electron chi connectivity index (χ3n) is 8.16.